The summed E-state index contributed by atoms with van der Waals surface area (Å²) in [7, 11) is -3.09. The summed E-state index contributed by atoms with van der Waals surface area (Å²) in [4.78, 5) is 26.2. The fourth-order valence-electron chi connectivity index (χ4n) is 3.01. The number of sulfone groups is 1. The quantitative estimate of drug-likeness (QED) is 0.510. The van der Waals surface area contributed by atoms with Crippen molar-refractivity contribution in [2.45, 2.75) is 36.2 Å². The lowest BCUT2D eigenvalue weighted by Crippen LogP contribution is -2.44. The van der Waals surface area contributed by atoms with Gasteiger partial charge in [0.25, 0.3) is 5.91 Å². The Morgan fingerprint density at radius 2 is 1.92 bits per heavy atom. The largest absolute Gasteiger partial charge is 0.455 e. The molecule has 1 aliphatic heterocycles. The van der Waals surface area contributed by atoms with Crippen LogP contribution in [0.25, 0.3) is 0 Å². The number of amides is 1. The lowest BCUT2D eigenvalue weighted by molar-refractivity contribution is -0.151. The number of ether oxygens (including phenoxy) is 1. The molecule has 1 aromatic rings. The van der Waals surface area contributed by atoms with E-state index in [-0.39, 0.29) is 35.2 Å². The van der Waals surface area contributed by atoms with E-state index < -0.39 is 28.2 Å². The topological polar surface area (TPSA) is 80.8 Å². The molecule has 1 aliphatic carbocycles. The Kier molecular flexibility index (Phi) is 5.86. The van der Waals surface area contributed by atoms with Crippen LogP contribution < -0.4 is 0 Å². The van der Waals surface area contributed by atoms with E-state index in [0.29, 0.717) is 11.3 Å². The van der Waals surface area contributed by atoms with E-state index in [1.807, 2.05) is 0 Å². The van der Waals surface area contributed by atoms with Crippen LogP contribution in [0.15, 0.2) is 29.2 Å². The number of halogens is 1. The smallest absolute Gasteiger partial charge is 0.316 e. The highest BCUT2D eigenvalue weighted by Crippen LogP contribution is 2.32. The van der Waals surface area contributed by atoms with Crippen LogP contribution in [0.1, 0.15) is 19.3 Å². The van der Waals surface area contributed by atoms with E-state index in [0.717, 1.165) is 24.6 Å². The zero-order chi connectivity index (χ0) is 18.7. The summed E-state index contributed by atoms with van der Waals surface area (Å²) in [5.74, 6) is -1.42. The number of carbonyl (C=O) groups excluding carboxylic acids is 2. The Morgan fingerprint density at radius 3 is 2.54 bits per heavy atom. The third-order valence-corrected chi connectivity index (χ3v) is 7.14. The van der Waals surface area contributed by atoms with Gasteiger partial charge in [0.1, 0.15) is 5.82 Å². The number of esters is 1. The molecule has 6 nitrogen and oxygen atoms in total. The molecule has 3 rings (SSSR count). The highest BCUT2D eigenvalue weighted by molar-refractivity contribution is 8.00. The summed E-state index contributed by atoms with van der Waals surface area (Å²) in [5, 5.41) is 0. The first-order valence-electron chi connectivity index (χ1n) is 8.40. The number of thioether (sulfide) groups is 1. The van der Waals surface area contributed by atoms with E-state index >= 15 is 0 Å². The second kappa shape index (κ2) is 7.96. The minimum atomic E-state index is -3.09. The fraction of sp³-hybridized carbons (Fsp3) is 0.529. The van der Waals surface area contributed by atoms with Gasteiger partial charge < -0.3 is 9.64 Å². The summed E-state index contributed by atoms with van der Waals surface area (Å²) in [6, 6.07) is 5.82. The van der Waals surface area contributed by atoms with Gasteiger partial charge in [-0.1, -0.05) is 12.1 Å². The van der Waals surface area contributed by atoms with Crippen LogP contribution in [0, 0.1) is 5.82 Å². The molecule has 0 unspecified atom stereocenters. The van der Waals surface area contributed by atoms with Crippen molar-refractivity contribution >= 4 is 33.5 Å². The molecule has 0 spiro atoms. The van der Waals surface area contributed by atoms with Crippen LogP contribution in [-0.2, 0) is 24.2 Å². The molecule has 1 amide bonds. The summed E-state index contributed by atoms with van der Waals surface area (Å²) < 4.78 is 41.9. The molecule has 26 heavy (non-hydrogen) atoms. The minimum Gasteiger partial charge on any atom is -0.455 e. The van der Waals surface area contributed by atoms with Crippen LogP contribution in [0.4, 0.5) is 4.39 Å². The lowest BCUT2D eigenvalue weighted by Gasteiger charge is -2.28. The maximum atomic E-state index is 13.5. The highest BCUT2D eigenvalue weighted by Gasteiger charge is 2.42. The maximum absolute atomic E-state index is 13.5. The summed E-state index contributed by atoms with van der Waals surface area (Å²) in [6.45, 7) is -0.413. The molecule has 1 heterocycles. The molecule has 1 saturated heterocycles. The van der Waals surface area contributed by atoms with Gasteiger partial charge in [-0.3, -0.25) is 9.59 Å². The molecule has 2 aliphatic rings. The number of rotatable bonds is 7. The Labute approximate surface area is 156 Å². The molecule has 142 valence electrons. The third kappa shape index (κ3) is 4.97. The average molecular weight is 401 g/mol. The molecule has 2 fully saturated rings. The van der Waals surface area contributed by atoms with Crippen molar-refractivity contribution < 1.29 is 27.1 Å². The van der Waals surface area contributed by atoms with Gasteiger partial charge in [0.05, 0.1) is 17.3 Å². The standard InChI is InChI=1S/C17H20FNO5S2/c18-14-3-1-2-4-15(14)25-10-17(21)24-9-16(20)19(12-5-6-12)13-7-8-26(22,23)11-13/h1-4,12-13H,5-11H2/t13-/m0/s1. The second-order valence-corrected chi connectivity index (χ2v) is 9.71. The van der Waals surface area contributed by atoms with Gasteiger partial charge in [-0.25, -0.2) is 12.8 Å². The van der Waals surface area contributed by atoms with Gasteiger partial charge in [0.15, 0.2) is 16.4 Å². The van der Waals surface area contributed by atoms with Crippen molar-refractivity contribution in [3.63, 3.8) is 0 Å². The molecule has 1 saturated carbocycles. The van der Waals surface area contributed by atoms with Crippen LogP contribution in [0.2, 0.25) is 0 Å². The molecule has 0 bridgehead atoms. The normalized spacial score (nSPS) is 21.3. The van der Waals surface area contributed by atoms with Crippen molar-refractivity contribution in [1.29, 1.82) is 0 Å². The number of hydrogen-bond donors (Lipinski definition) is 0. The van der Waals surface area contributed by atoms with Crippen molar-refractivity contribution in [3.8, 4) is 0 Å². The van der Waals surface area contributed by atoms with Crippen LogP contribution in [-0.4, -0.2) is 61.1 Å². The molecule has 0 N–H and O–H groups in total. The van der Waals surface area contributed by atoms with Crippen LogP contribution >= 0.6 is 11.8 Å². The summed E-state index contributed by atoms with van der Waals surface area (Å²) in [5.41, 5.74) is 0. The molecule has 0 radical (unpaired) electrons. The first kappa shape index (κ1) is 19.2. The number of carbonyl (C=O) groups is 2. The number of hydrogen-bond acceptors (Lipinski definition) is 6. The first-order valence-corrected chi connectivity index (χ1v) is 11.2. The molecule has 1 atom stereocenters. The number of nitrogens with zero attached hydrogens (tertiary/aromatic N) is 1. The monoisotopic (exact) mass is 401 g/mol. The lowest BCUT2D eigenvalue weighted by atomic mass is 10.2. The SMILES string of the molecule is O=C(CSc1ccccc1F)OCC(=O)N(C1CC1)[C@H]1CCS(=O)(=O)C1. The first-order chi connectivity index (χ1) is 12.4. The van der Waals surface area contributed by atoms with Crippen molar-refractivity contribution in [3.05, 3.63) is 30.1 Å². The van der Waals surface area contributed by atoms with Gasteiger partial charge in [-0.15, -0.1) is 11.8 Å². The van der Waals surface area contributed by atoms with Crippen LogP contribution in [0.3, 0.4) is 0 Å². The average Bonchev–Trinajstić information content (AvgIpc) is 3.35. The Bertz CT molecular complexity index is 794. The Hall–Kier alpha value is -1.61. The van der Waals surface area contributed by atoms with Gasteiger partial charge in [-0.05, 0) is 31.4 Å². The summed E-state index contributed by atoms with van der Waals surface area (Å²) >= 11 is 1.01. The zero-order valence-corrected chi connectivity index (χ0v) is 15.7. The highest BCUT2D eigenvalue weighted by atomic mass is 32.2. The zero-order valence-electron chi connectivity index (χ0n) is 14.1. The molecule has 1 aromatic carbocycles. The maximum Gasteiger partial charge on any atom is 0.316 e. The van der Waals surface area contributed by atoms with Gasteiger partial charge >= 0.3 is 5.97 Å². The second-order valence-electron chi connectivity index (χ2n) is 6.47. The molecule has 0 aromatic heterocycles. The van der Waals surface area contributed by atoms with E-state index in [1.165, 1.54) is 6.07 Å². The van der Waals surface area contributed by atoms with Crippen molar-refractivity contribution in [2.24, 2.45) is 0 Å². The van der Waals surface area contributed by atoms with Gasteiger partial charge in [0.2, 0.25) is 0 Å². The Balaban J connectivity index is 1.49. The summed E-state index contributed by atoms with van der Waals surface area (Å²) in [6.07, 6.45) is 2.13. The predicted octanol–water partition coefficient (Wildman–Crippen LogP) is 1.64. The van der Waals surface area contributed by atoms with E-state index in [4.69, 9.17) is 4.74 Å². The van der Waals surface area contributed by atoms with Gasteiger partial charge in [0, 0.05) is 17.0 Å². The third-order valence-electron chi connectivity index (χ3n) is 4.37. The minimum absolute atomic E-state index is 0.0215. The van der Waals surface area contributed by atoms with E-state index in [1.54, 1.807) is 23.1 Å². The van der Waals surface area contributed by atoms with Crippen molar-refractivity contribution in [1.82, 2.24) is 4.90 Å². The van der Waals surface area contributed by atoms with Crippen molar-refractivity contribution in [2.75, 3.05) is 23.9 Å². The molecular formula is C17H20FNO5S2. The van der Waals surface area contributed by atoms with E-state index in [9.17, 15) is 22.4 Å². The fourth-order valence-corrected chi connectivity index (χ4v) is 5.46. The number of benzene rings is 1. The molecular weight excluding hydrogens is 381 g/mol. The van der Waals surface area contributed by atoms with Gasteiger partial charge in [-0.2, -0.15) is 0 Å². The molecule has 9 heteroatoms. The predicted molar refractivity (Wildman–Crippen MR) is 95.0 cm³/mol. The van der Waals surface area contributed by atoms with E-state index in [2.05, 4.69) is 0 Å². The van der Waals surface area contributed by atoms with Crippen LogP contribution in [0.5, 0.6) is 0 Å². The Morgan fingerprint density at radius 1 is 1.19 bits per heavy atom.